The first kappa shape index (κ1) is 9.86. The molecule has 1 aliphatic rings. The number of halogens is 1. The summed E-state index contributed by atoms with van der Waals surface area (Å²) < 4.78 is 0.830. The van der Waals surface area contributed by atoms with Crippen molar-refractivity contribution >= 4 is 21.7 Å². The number of rotatable bonds is 1. The fraction of sp³-hybridized carbons (Fsp3) is 0.556. The number of hydrogen-bond donors (Lipinski definition) is 1. The minimum Gasteiger partial charge on any atom is -0.353 e. The first-order valence-corrected chi connectivity index (χ1v) is 5.51. The lowest BCUT2D eigenvalue weighted by Gasteiger charge is -2.28. The third-order valence-corrected chi connectivity index (χ3v) is 3.09. The molecule has 1 aromatic heterocycles. The van der Waals surface area contributed by atoms with Crippen LogP contribution in [0.5, 0.6) is 0 Å². The highest BCUT2D eigenvalue weighted by molar-refractivity contribution is 9.10. The second kappa shape index (κ2) is 4.23. The molecular weight excluding hydrogens is 244 g/mol. The second-order valence-corrected chi connectivity index (χ2v) is 4.09. The van der Waals surface area contributed by atoms with Crippen LogP contribution in [0.4, 0.5) is 5.82 Å². The molecule has 5 heteroatoms. The van der Waals surface area contributed by atoms with Crippen molar-refractivity contribution < 1.29 is 0 Å². The summed E-state index contributed by atoms with van der Waals surface area (Å²) in [5, 5.41) is 3.31. The van der Waals surface area contributed by atoms with Crippen LogP contribution < -0.4 is 10.2 Å². The van der Waals surface area contributed by atoms with Crippen LogP contribution in [0, 0.1) is 6.92 Å². The van der Waals surface area contributed by atoms with Gasteiger partial charge in [0, 0.05) is 26.2 Å². The van der Waals surface area contributed by atoms with Crippen LogP contribution >= 0.6 is 15.9 Å². The number of aryl methyl sites for hydroxylation is 1. The van der Waals surface area contributed by atoms with Crippen molar-refractivity contribution in [2.75, 3.05) is 31.1 Å². The number of hydrogen-bond acceptors (Lipinski definition) is 4. The van der Waals surface area contributed by atoms with Crippen molar-refractivity contribution in [3.8, 4) is 0 Å². The molecule has 0 atom stereocenters. The lowest BCUT2D eigenvalue weighted by atomic mass is 10.3. The molecule has 2 rings (SSSR count). The highest BCUT2D eigenvalue weighted by atomic mass is 79.9. The Morgan fingerprint density at radius 3 is 2.79 bits per heavy atom. The first-order valence-electron chi connectivity index (χ1n) is 4.72. The van der Waals surface area contributed by atoms with E-state index in [0.29, 0.717) is 0 Å². The molecule has 0 aliphatic carbocycles. The minimum atomic E-state index is 0.830. The molecule has 0 bridgehead atoms. The van der Waals surface area contributed by atoms with Gasteiger partial charge in [-0.2, -0.15) is 0 Å². The van der Waals surface area contributed by atoms with Gasteiger partial charge in [0.15, 0.2) is 0 Å². The fourth-order valence-corrected chi connectivity index (χ4v) is 1.69. The molecule has 0 saturated carbocycles. The summed E-state index contributed by atoms with van der Waals surface area (Å²) in [6.45, 7) is 6.03. The Bertz CT molecular complexity index is 323. The van der Waals surface area contributed by atoms with E-state index in [1.54, 1.807) is 0 Å². The predicted octanol–water partition coefficient (Wildman–Crippen LogP) is 0.957. The maximum Gasteiger partial charge on any atom is 0.147 e. The van der Waals surface area contributed by atoms with Gasteiger partial charge in [0.1, 0.15) is 10.4 Å². The van der Waals surface area contributed by atoms with E-state index in [1.807, 2.05) is 13.1 Å². The molecule has 4 nitrogen and oxygen atoms in total. The zero-order valence-corrected chi connectivity index (χ0v) is 9.71. The highest BCUT2D eigenvalue weighted by Gasteiger charge is 2.12. The number of nitrogens with zero attached hydrogens (tertiary/aromatic N) is 3. The van der Waals surface area contributed by atoms with Crippen molar-refractivity contribution in [3.63, 3.8) is 0 Å². The van der Waals surface area contributed by atoms with Crippen LogP contribution in [-0.2, 0) is 0 Å². The van der Waals surface area contributed by atoms with Crippen LogP contribution in [0.25, 0.3) is 0 Å². The van der Waals surface area contributed by atoms with Gasteiger partial charge in [0.05, 0.1) is 11.9 Å². The SMILES string of the molecule is Cc1nc(N2CCNCC2)cnc1Br. The molecule has 0 amide bonds. The Hall–Kier alpha value is -0.680. The van der Waals surface area contributed by atoms with E-state index in [9.17, 15) is 0 Å². The van der Waals surface area contributed by atoms with Crippen LogP contribution in [0.3, 0.4) is 0 Å². The molecular formula is C9H13BrN4. The molecule has 0 spiro atoms. The third kappa shape index (κ3) is 2.04. The monoisotopic (exact) mass is 256 g/mol. The van der Waals surface area contributed by atoms with Crippen LogP contribution in [0.1, 0.15) is 5.69 Å². The molecule has 1 fully saturated rings. The maximum atomic E-state index is 4.49. The van der Waals surface area contributed by atoms with Gasteiger partial charge in [0.25, 0.3) is 0 Å². The van der Waals surface area contributed by atoms with Crippen LogP contribution in [0.2, 0.25) is 0 Å². The van der Waals surface area contributed by atoms with E-state index in [-0.39, 0.29) is 0 Å². The molecule has 2 heterocycles. The number of nitrogens with one attached hydrogen (secondary N) is 1. The van der Waals surface area contributed by atoms with Gasteiger partial charge in [-0.3, -0.25) is 0 Å². The standard InChI is InChI=1S/C9H13BrN4/c1-7-9(10)12-6-8(13-7)14-4-2-11-3-5-14/h6,11H,2-5H2,1H3. The average molecular weight is 257 g/mol. The van der Waals surface area contributed by atoms with Gasteiger partial charge in [0.2, 0.25) is 0 Å². The fourth-order valence-electron chi connectivity index (χ4n) is 1.50. The van der Waals surface area contributed by atoms with Crippen molar-refractivity contribution in [2.24, 2.45) is 0 Å². The Balaban J connectivity index is 2.18. The van der Waals surface area contributed by atoms with Gasteiger partial charge >= 0.3 is 0 Å². The molecule has 0 aromatic carbocycles. The molecule has 1 N–H and O–H groups in total. The summed E-state index contributed by atoms with van der Waals surface area (Å²) in [6, 6.07) is 0. The molecule has 14 heavy (non-hydrogen) atoms. The van der Waals surface area contributed by atoms with Gasteiger partial charge in [-0.05, 0) is 22.9 Å². The Morgan fingerprint density at radius 2 is 2.14 bits per heavy atom. The van der Waals surface area contributed by atoms with Gasteiger partial charge < -0.3 is 10.2 Å². The summed E-state index contributed by atoms with van der Waals surface area (Å²) in [7, 11) is 0. The van der Waals surface area contributed by atoms with E-state index < -0.39 is 0 Å². The molecule has 0 unspecified atom stereocenters. The quantitative estimate of drug-likeness (QED) is 0.813. The molecule has 1 saturated heterocycles. The number of anilines is 1. The number of piperazine rings is 1. The van der Waals surface area contributed by atoms with Crippen molar-refractivity contribution in [3.05, 3.63) is 16.5 Å². The van der Waals surface area contributed by atoms with Crippen molar-refractivity contribution in [2.45, 2.75) is 6.92 Å². The van der Waals surface area contributed by atoms with E-state index in [0.717, 1.165) is 42.3 Å². The lowest BCUT2D eigenvalue weighted by Crippen LogP contribution is -2.44. The highest BCUT2D eigenvalue weighted by Crippen LogP contribution is 2.15. The molecule has 1 aromatic rings. The smallest absolute Gasteiger partial charge is 0.147 e. The van der Waals surface area contributed by atoms with E-state index in [2.05, 4.69) is 36.1 Å². The largest absolute Gasteiger partial charge is 0.353 e. The summed E-state index contributed by atoms with van der Waals surface area (Å²) in [4.78, 5) is 11.0. The van der Waals surface area contributed by atoms with Gasteiger partial charge in [-0.1, -0.05) is 0 Å². The Morgan fingerprint density at radius 1 is 1.43 bits per heavy atom. The topological polar surface area (TPSA) is 41.1 Å². The first-order chi connectivity index (χ1) is 6.77. The minimum absolute atomic E-state index is 0.830. The zero-order chi connectivity index (χ0) is 9.97. The number of aromatic nitrogens is 2. The van der Waals surface area contributed by atoms with Gasteiger partial charge in [-0.15, -0.1) is 0 Å². The predicted molar refractivity (Wildman–Crippen MR) is 59.6 cm³/mol. The van der Waals surface area contributed by atoms with E-state index >= 15 is 0 Å². The summed E-state index contributed by atoms with van der Waals surface area (Å²) in [6.07, 6.45) is 1.82. The summed E-state index contributed by atoms with van der Waals surface area (Å²) >= 11 is 3.35. The molecule has 0 radical (unpaired) electrons. The Labute approximate surface area is 91.9 Å². The molecule has 76 valence electrons. The summed E-state index contributed by atoms with van der Waals surface area (Å²) in [5.41, 5.74) is 0.945. The third-order valence-electron chi connectivity index (χ3n) is 2.32. The van der Waals surface area contributed by atoms with Crippen molar-refractivity contribution in [1.29, 1.82) is 0 Å². The van der Waals surface area contributed by atoms with E-state index in [4.69, 9.17) is 0 Å². The van der Waals surface area contributed by atoms with Crippen molar-refractivity contribution in [1.82, 2.24) is 15.3 Å². The Kier molecular flexibility index (Phi) is 2.98. The van der Waals surface area contributed by atoms with E-state index in [1.165, 1.54) is 0 Å². The zero-order valence-electron chi connectivity index (χ0n) is 8.13. The average Bonchev–Trinajstić information content (AvgIpc) is 2.23. The normalized spacial score (nSPS) is 17.1. The maximum absolute atomic E-state index is 4.49. The second-order valence-electron chi connectivity index (χ2n) is 3.34. The molecule has 1 aliphatic heterocycles. The van der Waals surface area contributed by atoms with Crippen LogP contribution in [-0.4, -0.2) is 36.1 Å². The lowest BCUT2D eigenvalue weighted by molar-refractivity contribution is 0.583. The van der Waals surface area contributed by atoms with Gasteiger partial charge in [-0.25, -0.2) is 9.97 Å². The van der Waals surface area contributed by atoms with Crippen LogP contribution in [0.15, 0.2) is 10.8 Å². The summed E-state index contributed by atoms with van der Waals surface area (Å²) in [5.74, 6) is 0.979.